The van der Waals surface area contributed by atoms with Crippen molar-refractivity contribution >= 4 is 58.1 Å². The van der Waals surface area contributed by atoms with Crippen LogP contribution >= 0.6 is 46.5 Å². The fourth-order valence-corrected chi connectivity index (χ4v) is 4.99. The molecule has 2 N–H and O–H groups in total. The van der Waals surface area contributed by atoms with Crippen LogP contribution in [0.5, 0.6) is 11.5 Å². The smallest absolute Gasteiger partial charge is 0.149 e. The lowest BCUT2D eigenvalue weighted by atomic mass is 10.1. The summed E-state index contributed by atoms with van der Waals surface area (Å²) < 4.78 is 25.7. The van der Waals surface area contributed by atoms with Crippen LogP contribution in [0.4, 0.5) is 16.0 Å². The van der Waals surface area contributed by atoms with Crippen molar-refractivity contribution in [2.45, 2.75) is 17.9 Å². The van der Waals surface area contributed by atoms with Gasteiger partial charge in [-0.05, 0) is 42.6 Å². The number of aromatic nitrogens is 3. The monoisotopic (exact) mass is 507 g/mol. The summed E-state index contributed by atoms with van der Waals surface area (Å²) in [6.45, 7) is 1.70. The molecule has 0 radical (unpaired) electrons. The number of rotatable bonds is 6. The van der Waals surface area contributed by atoms with Crippen molar-refractivity contribution in [3.63, 3.8) is 0 Å². The lowest BCUT2D eigenvalue weighted by Gasteiger charge is -2.18. The molecular formula is C21H16Cl2FN5OS2. The molecule has 1 aliphatic heterocycles. The quantitative estimate of drug-likeness (QED) is 0.269. The summed E-state index contributed by atoms with van der Waals surface area (Å²) >= 11 is 15.2. The zero-order chi connectivity index (χ0) is 22.1. The van der Waals surface area contributed by atoms with Crippen LogP contribution in [0.25, 0.3) is 11.1 Å². The van der Waals surface area contributed by atoms with Crippen molar-refractivity contribution in [3.05, 3.63) is 63.3 Å². The Bertz CT molecular complexity index is 1270. The van der Waals surface area contributed by atoms with E-state index in [1.165, 1.54) is 23.5 Å². The fourth-order valence-electron chi connectivity index (χ4n) is 3.33. The van der Waals surface area contributed by atoms with Crippen LogP contribution < -0.4 is 14.8 Å². The van der Waals surface area contributed by atoms with Gasteiger partial charge in [-0.25, -0.2) is 14.1 Å². The van der Waals surface area contributed by atoms with Crippen LogP contribution in [0.3, 0.4) is 0 Å². The topological polar surface area (TPSA) is 64.0 Å². The average Bonchev–Trinajstić information content (AvgIpc) is 3.46. The molecule has 0 saturated heterocycles. The first-order chi connectivity index (χ1) is 15.6. The third-order valence-electron chi connectivity index (χ3n) is 4.81. The molecule has 0 amide bonds. The van der Waals surface area contributed by atoms with Crippen molar-refractivity contribution in [2.24, 2.45) is 0 Å². The number of anilines is 2. The molecule has 0 unspecified atom stereocenters. The molecular weight excluding hydrogens is 492 g/mol. The van der Waals surface area contributed by atoms with Gasteiger partial charge in [0.05, 0.1) is 21.6 Å². The van der Waals surface area contributed by atoms with Gasteiger partial charge in [0.2, 0.25) is 0 Å². The van der Waals surface area contributed by atoms with E-state index in [1.54, 1.807) is 29.9 Å². The number of benzene rings is 2. The zero-order valence-corrected chi connectivity index (χ0v) is 19.6. The summed E-state index contributed by atoms with van der Waals surface area (Å²) in [5, 5.41) is 10.5. The van der Waals surface area contributed by atoms with Crippen LogP contribution in [0, 0.1) is 5.82 Å². The Balaban J connectivity index is 1.44. The summed E-state index contributed by atoms with van der Waals surface area (Å²) in [6.07, 6.45) is 2.78. The summed E-state index contributed by atoms with van der Waals surface area (Å²) in [5.41, 5.74) is 3.30. The number of hydrogen-bond acceptors (Lipinski definition) is 7. The fraction of sp³-hybridized carbons (Fsp3) is 0.143. The highest BCUT2D eigenvalue weighted by Crippen LogP contribution is 2.42. The van der Waals surface area contributed by atoms with E-state index in [4.69, 9.17) is 27.9 Å². The van der Waals surface area contributed by atoms with Crippen LogP contribution in [-0.4, -0.2) is 21.3 Å². The van der Waals surface area contributed by atoms with Gasteiger partial charge < -0.3 is 14.8 Å². The third kappa shape index (κ3) is 4.38. The van der Waals surface area contributed by atoms with Gasteiger partial charge in [0.1, 0.15) is 29.0 Å². The first kappa shape index (κ1) is 21.4. The number of nitrogens with zero attached hydrogens (tertiary/aromatic N) is 3. The van der Waals surface area contributed by atoms with E-state index in [0.717, 1.165) is 48.4 Å². The number of aryl methyl sites for hydroxylation is 1. The van der Waals surface area contributed by atoms with Gasteiger partial charge in [-0.3, -0.25) is 0 Å². The standard InChI is InChI=1S/C21H16Cl2FN5OS2/c22-12-2-3-17(13(6-12)14-9-27-29-5-1-4-25-21(14)29)30-18-8-16(24)19(7-15(18)23)32-28-20-10-31-11-26-20/h2-3,6-11,25,28H,1,4-5H2. The molecule has 164 valence electrons. The highest BCUT2D eigenvalue weighted by Gasteiger charge is 2.20. The Hall–Kier alpha value is -2.46. The summed E-state index contributed by atoms with van der Waals surface area (Å²) in [7, 11) is 0. The second kappa shape index (κ2) is 9.19. The minimum absolute atomic E-state index is 0.208. The van der Waals surface area contributed by atoms with Gasteiger partial charge in [0.15, 0.2) is 0 Å². The lowest BCUT2D eigenvalue weighted by molar-refractivity contribution is 0.476. The van der Waals surface area contributed by atoms with E-state index in [0.29, 0.717) is 21.5 Å². The van der Waals surface area contributed by atoms with Crippen LogP contribution in [0.2, 0.25) is 10.0 Å². The van der Waals surface area contributed by atoms with Crippen molar-refractivity contribution in [1.29, 1.82) is 0 Å². The highest BCUT2D eigenvalue weighted by molar-refractivity contribution is 8.00. The van der Waals surface area contributed by atoms with E-state index in [1.807, 2.05) is 10.1 Å². The van der Waals surface area contributed by atoms with E-state index in [2.05, 4.69) is 20.1 Å². The second-order valence-corrected chi connectivity index (χ2v) is 9.35. The zero-order valence-electron chi connectivity index (χ0n) is 16.4. The van der Waals surface area contributed by atoms with Gasteiger partial charge in [0, 0.05) is 40.7 Å². The largest absolute Gasteiger partial charge is 0.455 e. The minimum Gasteiger partial charge on any atom is -0.455 e. The van der Waals surface area contributed by atoms with E-state index in [9.17, 15) is 4.39 Å². The molecule has 2 aromatic heterocycles. The predicted molar refractivity (Wildman–Crippen MR) is 129 cm³/mol. The van der Waals surface area contributed by atoms with Gasteiger partial charge in [-0.2, -0.15) is 5.10 Å². The van der Waals surface area contributed by atoms with Crippen molar-refractivity contribution in [2.75, 3.05) is 16.6 Å². The van der Waals surface area contributed by atoms with Crippen LogP contribution in [-0.2, 0) is 6.54 Å². The van der Waals surface area contributed by atoms with Gasteiger partial charge in [-0.1, -0.05) is 23.2 Å². The maximum atomic E-state index is 14.8. The minimum atomic E-state index is -0.461. The molecule has 11 heteroatoms. The number of thiazole rings is 1. The SMILES string of the molecule is Fc1cc(Oc2ccc(Cl)cc2-c2cnn3c2NCCC3)c(Cl)cc1SNc1cscn1. The number of hydrogen-bond donors (Lipinski definition) is 2. The summed E-state index contributed by atoms with van der Waals surface area (Å²) in [4.78, 5) is 4.45. The van der Waals surface area contributed by atoms with Crippen LogP contribution in [0.1, 0.15) is 6.42 Å². The van der Waals surface area contributed by atoms with Crippen LogP contribution in [0.15, 0.2) is 52.3 Å². The molecule has 0 fully saturated rings. The van der Waals surface area contributed by atoms with E-state index < -0.39 is 5.82 Å². The molecule has 3 heterocycles. The van der Waals surface area contributed by atoms with E-state index >= 15 is 0 Å². The van der Waals surface area contributed by atoms with Crippen molar-refractivity contribution < 1.29 is 9.13 Å². The van der Waals surface area contributed by atoms with Gasteiger partial charge in [0.25, 0.3) is 0 Å². The predicted octanol–water partition coefficient (Wildman–Crippen LogP) is 7.18. The Morgan fingerprint density at radius 1 is 1.19 bits per heavy atom. The number of nitrogens with one attached hydrogen (secondary N) is 2. The number of ether oxygens (including phenoxy) is 1. The molecule has 0 atom stereocenters. The third-order valence-corrected chi connectivity index (χ3v) is 6.78. The maximum absolute atomic E-state index is 14.8. The molecule has 0 spiro atoms. The van der Waals surface area contributed by atoms with E-state index in [-0.39, 0.29) is 10.8 Å². The molecule has 32 heavy (non-hydrogen) atoms. The Labute approximate surface area is 201 Å². The molecule has 6 nitrogen and oxygen atoms in total. The molecule has 4 aromatic rings. The Morgan fingerprint density at radius 2 is 2.09 bits per heavy atom. The molecule has 0 aliphatic carbocycles. The Morgan fingerprint density at radius 3 is 2.94 bits per heavy atom. The van der Waals surface area contributed by atoms with Gasteiger partial charge in [-0.15, -0.1) is 11.3 Å². The highest BCUT2D eigenvalue weighted by atomic mass is 35.5. The molecule has 0 bridgehead atoms. The number of halogens is 3. The average molecular weight is 508 g/mol. The summed E-state index contributed by atoms with van der Waals surface area (Å²) in [6, 6.07) is 8.06. The molecule has 0 saturated carbocycles. The molecule has 1 aliphatic rings. The molecule has 2 aromatic carbocycles. The van der Waals surface area contributed by atoms with Crippen molar-refractivity contribution in [1.82, 2.24) is 14.8 Å². The molecule has 5 rings (SSSR count). The maximum Gasteiger partial charge on any atom is 0.149 e. The lowest BCUT2D eigenvalue weighted by Crippen LogP contribution is -2.17. The second-order valence-electron chi connectivity index (χ2n) is 6.94. The number of fused-ring (bicyclic) bond motifs is 1. The normalized spacial score (nSPS) is 12.8. The van der Waals surface area contributed by atoms with Crippen molar-refractivity contribution in [3.8, 4) is 22.6 Å². The first-order valence-electron chi connectivity index (χ1n) is 9.66. The van der Waals surface area contributed by atoms with Gasteiger partial charge >= 0.3 is 0 Å². The Kier molecular flexibility index (Phi) is 6.14. The first-order valence-corrected chi connectivity index (χ1v) is 12.2. The summed E-state index contributed by atoms with van der Waals surface area (Å²) in [5.74, 6) is 1.80.